The normalized spacial score (nSPS) is 13.6. The Morgan fingerprint density at radius 2 is 1.55 bits per heavy atom. The highest BCUT2D eigenvalue weighted by molar-refractivity contribution is 14.1. The molecule has 0 aliphatic heterocycles. The molecule has 0 aliphatic rings. The van der Waals surface area contributed by atoms with Gasteiger partial charge in [-0.1, -0.05) is 22.6 Å². The van der Waals surface area contributed by atoms with Crippen LogP contribution in [0.1, 0.15) is 0 Å². The summed E-state index contributed by atoms with van der Waals surface area (Å²) in [6, 6.07) is 0. The minimum atomic E-state index is -4.70. The standard InChI is InChI=1S/C4H4F5IO/c5-3(6,7)2-11-4(8,9)1-10/h1-2H2. The van der Waals surface area contributed by atoms with Crippen LogP contribution in [0, 0.1) is 0 Å². The molecule has 0 aromatic rings. The van der Waals surface area contributed by atoms with Crippen LogP contribution in [0.15, 0.2) is 0 Å². The van der Waals surface area contributed by atoms with Crippen molar-refractivity contribution in [3.63, 3.8) is 0 Å². The minimum Gasteiger partial charge on any atom is -0.310 e. The first-order chi connectivity index (χ1) is 4.77. The molecule has 0 amide bonds. The third-order valence-electron chi connectivity index (χ3n) is 0.603. The summed E-state index contributed by atoms with van der Waals surface area (Å²) in [5, 5.41) is 0. The summed E-state index contributed by atoms with van der Waals surface area (Å²) in [5.74, 6) is 0. The molecule has 0 atom stereocenters. The first-order valence-corrected chi connectivity index (χ1v) is 3.94. The van der Waals surface area contributed by atoms with Gasteiger partial charge in [0.05, 0.1) is 4.43 Å². The van der Waals surface area contributed by atoms with E-state index in [1.54, 1.807) is 0 Å². The van der Waals surface area contributed by atoms with E-state index in [1.807, 2.05) is 0 Å². The molecule has 0 saturated heterocycles. The van der Waals surface area contributed by atoms with Crippen molar-refractivity contribution in [3.8, 4) is 0 Å². The largest absolute Gasteiger partial charge is 0.412 e. The Morgan fingerprint density at radius 3 is 1.82 bits per heavy atom. The first kappa shape index (κ1) is 11.3. The smallest absolute Gasteiger partial charge is 0.310 e. The molecule has 0 aromatic heterocycles. The van der Waals surface area contributed by atoms with Crippen LogP contribution >= 0.6 is 22.6 Å². The van der Waals surface area contributed by atoms with Crippen molar-refractivity contribution < 1.29 is 26.7 Å². The van der Waals surface area contributed by atoms with Crippen molar-refractivity contribution in [1.82, 2.24) is 0 Å². The van der Waals surface area contributed by atoms with E-state index in [0.29, 0.717) is 0 Å². The average molecular weight is 290 g/mol. The van der Waals surface area contributed by atoms with Gasteiger partial charge in [0.15, 0.2) is 0 Å². The SMILES string of the molecule is FC(F)(F)COC(F)(F)CI. The minimum absolute atomic E-state index is 0.791. The Hall–Kier alpha value is 0.340. The molecule has 0 spiro atoms. The highest BCUT2D eigenvalue weighted by atomic mass is 127. The fraction of sp³-hybridized carbons (Fsp3) is 1.00. The van der Waals surface area contributed by atoms with Crippen LogP contribution in [0.2, 0.25) is 0 Å². The van der Waals surface area contributed by atoms with Gasteiger partial charge in [-0.3, -0.25) is 0 Å². The summed E-state index contributed by atoms with van der Waals surface area (Å²) in [7, 11) is 0. The van der Waals surface area contributed by atoms with Gasteiger partial charge in [-0.25, -0.2) is 0 Å². The number of halogens is 6. The molecular weight excluding hydrogens is 286 g/mol. The van der Waals surface area contributed by atoms with Crippen molar-refractivity contribution in [3.05, 3.63) is 0 Å². The number of rotatable bonds is 3. The fourth-order valence-corrected chi connectivity index (χ4v) is 0.446. The zero-order valence-corrected chi connectivity index (χ0v) is 7.25. The summed E-state index contributed by atoms with van der Waals surface area (Å²) >= 11 is 1.24. The second kappa shape index (κ2) is 3.83. The lowest BCUT2D eigenvalue weighted by molar-refractivity contribution is -0.275. The van der Waals surface area contributed by atoms with Gasteiger partial charge in [0, 0.05) is 0 Å². The van der Waals surface area contributed by atoms with E-state index in [9.17, 15) is 22.0 Å². The maximum atomic E-state index is 12.0. The molecule has 0 bridgehead atoms. The van der Waals surface area contributed by atoms with Crippen molar-refractivity contribution >= 4 is 22.6 Å². The lowest BCUT2D eigenvalue weighted by Crippen LogP contribution is -2.29. The molecule has 0 rings (SSSR count). The topological polar surface area (TPSA) is 9.23 Å². The molecular formula is C4H4F5IO. The summed E-state index contributed by atoms with van der Waals surface area (Å²) in [6.07, 6.45) is -8.38. The lowest BCUT2D eigenvalue weighted by atomic mass is 10.6. The Kier molecular flexibility index (Phi) is 3.95. The van der Waals surface area contributed by atoms with Gasteiger partial charge in [0.25, 0.3) is 0 Å². The van der Waals surface area contributed by atoms with Crippen molar-refractivity contribution in [2.24, 2.45) is 0 Å². The zero-order chi connectivity index (χ0) is 9.12. The third-order valence-corrected chi connectivity index (χ3v) is 1.49. The summed E-state index contributed by atoms with van der Waals surface area (Å²) in [5.41, 5.74) is 0. The molecule has 1 nitrogen and oxygen atoms in total. The van der Waals surface area contributed by atoms with Gasteiger partial charge in [-0.15, -0.1) is 0 Å². The van der Waals surface area contributed by atoms with Gasteiger partial charge in [0.2, 0.25) is 0 Å². The van der Waals surface area contributed by atoms with E-state index >= 15 is 0 Å². The van der Waals surface area contributed by atoms with E-state index in [4.69, 9.17) is 0 Å². The molecule has 0 saturated carbocycles. The molecule has 0 unspecified atom stereocenters. The van der Waals surface area contributed by atoms with Crippen molar-refractivity contribution in [1.29, 1.82) is 0 Å². The highest BCUT2D eigenvalue weighted by Crippen LogP contribution is 2.23. The second-order valence-electron chi connectivity index (χ2n) is 1.67. The molecule has 0 fully saturated rings. The van der Waals surface area contributed by atoms with Gasteiger partial charge in [-0.05, 0) is 0 Å². The molecule has 0 heterocycles. The van der Waals surface area contributed by atoms with E-state index in [2.05, 4.69) is 4.74 Å². The predicted octanol–water partition coefficient (Wildman–Crippen LogP) is 2.59. The lowest BCUT2D eigenvalue weighted by Gasteiger charge is -2.14. The van der Waals surface area contributed by atoms with Gasteiger partial charge in [-0.2, -0.15) is 22.0 Å². The van der Waals surface area contributed by atoms with Gasteiger partial charge in [0.1, 0.15) is 6.61 Å². The number of alkyl halides is 6. The predicted molar refractivity (Wildman–Crippen MR) is 35.8 cm³/mol. The van der Waals surface area contributed by atoms with Gasteiger partial charge < -0.3 is 4.74 Å². The summed E-state index contributed by atoms with van der Waals surface area (Å²) in [6.45, 7) is -1.91. The Balaban J connectivity index is 3.70. The van der Waals surface area contributed by atoms with E-state index in [1.165, 1.54) is 22.6 Å². The first-order valence-electron chi connectivity index (χ1n) is 2.41. The highest BCUT2D eigenvalue weighted by Gasteiger charge is 2.36. The molecule has 7 heteroatoms. The maximum absolute atomic E-state index is 12.0. The van der Waals surface area contributed by atoms with Crippen LogP contribution in [0.4, 0.5) is 22.0 Å². The van der Waals surface area contributed by atoms with E-state index in [0.717, 1.165) is 0 Å². The monoisotopic (exact) mass is 290 g/mol. The summed E-state index contributed by atoms with van der Waals surface area (Å²) in [4.78, 5) is 0. The summed E-state index contributed by atoms with van der Waals surface area (Å²) < 4.78 is 60.2. The fourth-order valence-electron chi connectivity index (χ4n) is 0.226. The Bertz CT molecular complexity index is 122. The molecule has 0 aromatic carbocycles. The molecule has 11 heavy (non-hydrogen) atoms. The van der Waals surface area contributed by atoms with Crippen LogP contribution in [-0.4, -0.2) is 23.3 Å². The van der Waals surface area contributed by atoms with E-state index in [-0.39, 0.29) is 0 Å². The molecule has 0 N–H and O–H groups in total. The zero-order valence-electron chi connectivity index (χ0n) is 5.09. The van der Waals surface area contributed by atoms with Crippen LogP contribution in [0.25, 0.3) is 0 Å². The van der Waals surface area contributed by atoms with Crippen LogP contribution in [-0.2, 0) is 4.74 Å². The number of ether oxygens (including phenoxy) is 1. The maximum Gasteiger partial charge on any atom is 0.412 e. The van der Waals surface area contributed by atoms with Crippen molar-refractivity contribution in [2.75, 3.05) is 11.0 Å². The molecule has 0 radical (unpaired) electrons. The third kappa shape index (κ3) is 6.73. The van der Waals surface area contributed by atoms with E-state index < -0.39 is 23.3 Å². The Morgan fingerprint density at radius 1 is 1.09 bits per heavy atom. The molecule has 68 valence electrons. The molecule has 0 aliphatic carbocycles. The average Bonchev–Trinajstić information content (AvgIpc) is 1.83. The Labute approximate surface area is 73.0 Å². The van der Waals surface area contributed by atoms with Crippen LogP contribution in [0.5, 0.6) is 0 Å². The van der Waals surface area contributed by atoms with Gasteiger partial charge >= 0.3 is 12.3 Å². The van der Waals surface area contributed by atoms with Crippen LogP contribution < -0.4 is 0 Å². The number of hydrogen-bond acceptors (Lipinski definition) is 1. The second-order valence-corrected chi connectivity index (χ2v) is 2.44. The van der Waals surface area contributed by atoms with Crippen molar-refractivity contribution in [2.45, 2.75) is 12.3 Å². The quantitative estimate of drug-likeness (QED) is 0.441. The number of hydrogen-bond donors (Lipinski definition) is 0. The van der Waals surface area contributed by atoms with Crippen LogP contribution in [0.3, 0.4) is 0 Å².